The molecule has 2 unspecified atom stereocenters. The Hall–Kier alpha value is -2.24. The van der Waals surface area contributed by atoms with Gasteiger partial charge in [0.15, 0.2) is 0 Å². The lowest BCUT2D eigenvalue weighted by Gasteiger charge is -2.34. The first-order valence-corrected chi connectivity index (χ1v) is 15.7. The van der Waals surface area contributed by atoms with Crippen LogP contribution in [0.25, 0.3) is 11.3 Å². The Balaban J connectivity index is 1.21. The van der Waals surface area contributed by atoms with Gasteiger partial charge in [-0.3, -0.25) is 14.6 Å². The molecule has 0 spiro atoms. The highest BCUT2D eigenvalue weighted by Crippen LogP contribution is 2.27. The van der Waals surface area contributed by atoms with E-state index in [1.807, 2.05) is 4.90 Å². The molecule has 3 fully saturated rings. The fourth-order valence-corrected chi connectivity index (χ4v) is 7.44. The number of aromatic nitrogens is 1. The highest BCUT2D eigenvalue weighted by Gasteiger charge is 2.36. The average Bonchev–Trinajstić information content (AvgIpc) is 3.58. The molecule has 1 N–H and O–H groups in total. The highest BCUT2D eigenvalue weighted by molar-refractivity contribution is 7.89. The normalized spacial score (nSPS) is 22.6. The number of halogens is 2. The first-order chi connectivity index (χ1) is 18.7. The van der Waals surface area contributed by atoms with Crippen molar-refractivity contribution < 1.29 is 18.0 Å². The van der Waals surface area contributed by atoms with Crippen LogP contribution in [0, 0.1) is 0 Å². The first kappa shape index (κ1) is 28.3. The Morgan fingerprint density at radius 2 is 1.69 bits per heavy atom. The Morgan fingerprint density at radius 1 is 0.974 bits per heavy atom. The van der Waals surface area contributed by atoms with Gasteiger partial charge in [0.2, 0.25) is 21.8 Å². The maximum atomic E-state index is 13.2. The third-order valence-electron chi connectivity index (χ3n) is 7.72. The van der Waals surface area contributed by atoms with Gasteiger partial charge in [0, 0.05) is 47.5 Å². The van der Waals surface area contributed by atoms with E-state index in [1.54, 1.807) is 24.3 Å². The molecule has 0 saturated carbocycles. The molecule has 3 aliphatic heterocycles. The van der Waals surface area contributed by atoms with Crippen LogP contribution < -0.4 is 4.72 Å². The van der Waals surface area contributed by atoms with Crippen LogP contribution in [-0.4, -0.2) is 91.3 Å². The summed E-state index contributed by atoms with van der Waals surface area (Å²) in [6.07, 6.45) is 6.59. The summed E-state index contributed by atoms with van der Waals surface area (Å²) in [5.74, 6) is -0.430. The molecule has 1 aromatic heterocycles. The van der Waals surface area contributed by atoms with Crippen molar-refractivity contribution in [1.82, 2.24) is 24.4 Å². The van der Waals surface area contributed by atoms with Gasteiger partial charge >= 0.3 is 0 Å². The molecule has 0 radical (unpaired) electrons. The summed E-state index contributed by atoms with van der Waals surface area (Å²) in [5.41, 5.74) is 1.18. The van der Waals surface area contributed by atoms with Gasteiger partial charge in [0.05, 0.1) is 12.2 Å². The molecule has 3 saturated heterocycles. The fourth-order valence-electron chi connectivity index (χ4n) is 5.74. The molecule has 4 heterocycles. The summed E-state index contributed by atoms with van der Waals surface area (Å²) in [4.78, 5) is 36.5. The van der Waals surface area contributed by atoms with Crippen LogP contribution in [0.1, 0.15) is 38.5 Å². The summed E-state index contributed by atoms with van der Waals surface area (Å²) in [6, 6.07) is 7.24. The van der Waals surface area contributed by atoms with E-state index in [2.05, 4.69) is 14.6 Å². The van der Waals surface area contributed by atoms with Gasteiger partial charge in [-0.15, -0.1) is 0 Å². The quantitative estimate of drug-likeness (QED) is 0.503. The molecule has 12 heteroatoms. The SMILES string of the molecule is O=C1C(NS(=O)(=O)c2ccc(-c3cc(Cl)cc(Cl)c3)nc2)CCCN1CC(=O)N1CCCC1CN1CCCC1. The summed E-state index contributed by atoms with van der Waals surface area (Å²) in [5, 5.41) is 0.895. The number of carbonyl (C=O) groups excluding carboxylic acids is 2. The zero-order chi connectivity index (χ0) is 27.6. The number of carbonyl (C=O) groups is 2. The van der Waals surface area contributed by atoms with Crippen molar-refractivity contribution in [3.63, 3.8) is 0 Å². The highest BCUT2D eigenvalue weighted by atomic mass is 35.5. The number of sulfonamides is 1. The number of pyridine rings is 1. The number of rotatable bonds is 8. The topological polar surface area (TPSA) is 103 Å². The molecule has 3 aliphatic rings. The standard InChI is InChI=1S/C27H33Cl2N5O4S/c28-20-13-19(14-21(29)15-20)24-8-7-23(16-30-24)39(37,38)31-25-6-4-11-33(27(25)36)18-26(35)34-12-3-5-22(34)17-32-9-1-2-10-32/h7-8,13-16,22,25,31H,1-6,9-12,17-18H2. The predicted octanol–water partition coefficient (Wildman–Crippen LogP) is 3.41. The largest absolute Gasteiger partial charge is 0.337 e. The minimum atomic E-state index is -4.01. The van der Waals surface area contributed by atoms with Crippen molar-refractivity contribution in [3.05, 3.63) is 46.6 Å². The van der Waals surface area contributed by atoms with Gasteiger partial charge in [0.25, 0.3) is 0 Å². The maximum Gasteiger partial charge on any atom is 0.242 e. The number of amides is 2. The molecular weight excluding hydrogens is 561 g/mol. The molecule has 2 aromatic rings. The minimum absolute atomic E-state index is 0.0218. The van der Waals surface area contributed by atoms with Gasteiger partial charge in [0.1, 0.15) is 10.9 Å². The van der Waals surface area contributed by atoms with E-state index < -0.39 is 16.1 Å². The Bertz CT molecular complexity index is 1300. The molecule has 5 rings (SSSR count). The average molecular weight is 595 g/mol. The van der Waals surface area contributed by atoms with E-state index in [9.17, 15) is 18.0 Å². The lowest BCUT2D eigenvalue weighted by molar-refractivity contribution is -0.143. The van der Waals surface area contributed by atoms with E-state index >= 15 is 0 Å². The van der Waals surface area contributed by atoms with Crippen LogP contribution in [0.4, 0.5) is 0 Å². The van der Waals surface area contributed by atoms with Crippen molar-refractivity contribution in [2.75, 3.05) is 39.3 Å². The summed E-state index contributed by atoms with van der Waals surface area (Å²) < 4.78 is 28.7. The molecular formula is C27H33Cl2N5O4S. The second-order valence-corrected chi connectivity index (χ2v) is 13.1. The van der Waals surface area contributed by atoms with E-state index in [-0.39, 0.29) is 29.3 Å². The van der Waals surface area contributed by atoms with Gasteiger partial charge in [-0.05, 0) is 81.9 Å². The fraction of sp³-hybridized carbons (Fsp3) is 0.519. The number of nitrogens with one attached hydrogen (secondary N) is 1. The van der Waals surface area contributed by atoms with Crippen molar-refractivity contribution in [2.45, 2.75) is 55.5 Å². The number of likely N-dealkylation sites (tertiary alicyclic amines) is 3. The van der Waals surface area contributed by atoms with Crippen LogP contribution in [0.3, 0.4) is 0 Å². The third kappa shape index (κ3) is 6.74. The molecule has 9 nitrogen and oxygen atoms in total. The second-order valence-electron chi connectivity index (χ2n) is 10.5. The van der Waals surface area contributed by atoms with E-state index in [1.165, 1.54) is 30.0 Å². The molecule has 2 amide bonds. The van der Waals surface area contributed by atoms with Crippen molar-refractivity contribution in [2.24, 2.45) is 0 Å². The summed E-state index contributed by atoms with van der Waals surface area (Å²) in [6.45, 7) is 4.17. The first-order valence-electron chi connectivity index (χ1n) is 13.4. The minimum Gasteiger partial charge on any atom is -0.337 e. The number of hydrogen-bond acceptors (Lipinski definition) is 6. The Morgan fingerprint density at radius 3 is 2.38 bits per heavy atom. The molecule has 1 aromatic carbocycles. The van der Waals surface area contributed by atoms with Crippen molar-refractivity contribution in [1.29, 1.82) is 0 Å². The molecule has 2 atom stereocenters. The van der Waals surface area contributed by atoms with Crippen LogP contribution >= 0.6 is 23.2 Å². The maximum absolute atomic E-state index is 13.2. The predicted molar refractivity (Wildman–Crippen MR) is 150 cm³/mol. The van der Waals surface area contributed by atoms with Crippen LogP contribution in [0.15, 0.2) is 41.4 Å². The van der Waals surface area contributed by atoms with Crippen molar-refractivity contribution in [3.8, 4) is 11.3 Å². The monoisotopic (exact) mass is 593 g/mol. The van der Waals surface area contributed by atoms with Crippen LogP contribution in [0.2, 0.25) is 10.0 Å². The zero-order valence-electron chi connectivity index (χ0n) is 21.7. The summed E-state index contributed by atoms with van der Waals surface area (Å²) >= 11 is 12.1. The molecule has 39 heavy (non-hydrogen) atoms. The molecule has 210 valence electrons. The number of hydrogen-bond donors (Lipinski definition) is 1. The van der Waals surface area contributed by atoms with Crippen LogP contribution in [0.5, 0.6) is 0 Å². The third-order valence-corrected chi connectivity index (χ3v) is 9.62. The lowest BCUT2D eigenvalue weighted by atomic mass is 10.1. The Kier molecular flexibility index (Phi) is 8.78. The number of benzene rings is 1. The van der Waals surface area contributed by atoms with Crippen LogP contribution in [-0.2, 0) is 19.6 Å². The van der Waals surface area contributed by atoms with Gasteiger partial charge in [-0.1, -0.05) is 23.2 Å². The Labute approximate surface area is 239 Å². The van der Waals surface area contributed by atoms with Gasteiger partial charge in [-0.2, -0.15) is 4.72 Å². The van der Waals surface area contributed by atoms with Crippen molar-refractivity contribution >= 4 is 45.0 Å². The van der Waals surface area contributed by atoms with E-state index in [0.717, 1.165) is 32.5 Å². The molecule has 0 bridgehead atoms. The number of piperidine rings is 1. The zero-order valence-corrected chi connectivity index (χ0v) is 24.0. The van der Waals surface area contributed by atoms with Gasteiger partial charge < -0.3 is 14.7 Å². The smallest absolute Gasteiger partial charge is 0.242 e. The van der Waals surface area contributed by atoms with Gasteiger partial charge in [-0.25, -0.2) is 8.42 Å². The summed E-state index contributed by atoms with van der Waals surface area (Å²) in [7, 11) is -4.01. The van der Waals surface area contributed by atoms with E-state index in [4.69, 9.17) is 23.2 Å². The number of nitrogens with zero attached hydrogens (tertiary/aromatic N) is 4. The second kappa shape index (κ2) is 12.1. The van der Waals surface area contributed by atoms with E-state index in [0.29, 0.717) is 47.2 Å². The molecule has 0 aliphatic carbocycles. The lowest BCUT2D eigenvalue weighted by Crippen LogP contribution is -2.55.